The molecule has 2 heterocycles. The van der Waals surface area contributed by atoms with E-state index in [1.54, 1.807) is 6.26 Å². The molecule has 1 N–H and O–H groups in total. The Morgan fingerprint density at radius 3 is 2.79 bits per heavy atom. The molecular weight excluding hydrogens is 364 g/mol. The van der Waals surface area contributed by atoms with Gasteiger partial charge in [-0.25, -0.2) is 9.97 Å². The van der Waals surface area contributed by atoms with Crippen molar-refractivity contribution in [3.63, 3.8) is 0 Å². The summed E-state index contributed by atoms with van der Waals surface area (Å²) in [6.07, 6.45) is 5.29. The van der Waals surface area contributed by atoms with Gasteiger partial charge in [-0.05, 0) is 50.5 Å². The summed E-state index contributed by atoms with van der Waals surface area (Å²) < 4.78 is 5.59. The van der Waals surface area contributed by atoms with E-state index in [0.717, 1.165) is 47.6 Å². The molecule has 29 heavy (non-hydrogen) atoms. The van der Waals surface area contributed by atoms with Gasteiger partial charge in [-0.1, -0.05) is 19.1 Å². The van der Waals surface area contributed by atoms with Crippen LogP contribution in [-0.2, 0) is 11.3 Å². The second-order valence-corrected chi connectivity index (χ2v) is 7.82. The van der Waals surface area contributed by atoms with Crippen molar-refractivity contribution in [1.82, 2.24) is 15.3 Å². The van der Waals surface area contributed by atoms with Crippen LogP contribution in [0.4, 0.5) is 5.82 Å². The third-order valence-corrected chi connectivity index (χ3v) is 5.40. The van der Waals surface area contributed by atoms with Gasteiger partial charge in [0.1, 0.15) is 17.4 Å². The van der Waals surface area contributed by atoms with Gasteiger partial charge in [-0.15, -0.1) is 0 Å². The molecule has 0 radical (unpaired) electrons. The number of benzene rings is 1. The lowest BCUT2D eigenvalue weighted by Crippen LogP contribution is -2.35. The van der Waals surface area contributed by atoms with Crippen molar-refractivity contribution in [3.05, 3.63) is 54.2 Å². The van der Waals surface area contributed by atoms with Crippen molar-refractivity contribution in [1.29, 1.82) is 0 Å². The highest BCUT2D eigenvalue weighted by molar-refractivity contribution is 5.89. The monoisotopic (exact) mass is 392 g/mol. The van der Waals surface area contributed by atoms with E-state index in [-0.39, 0.29) is 11.9 Å². The van der Waals surface area contributed by atoms with E-state index >= 15 is 0 Å². The standard InChI is InChI=1S/C23H28N4O2/c1-3-16(2)24-21(28)12-13-27(15-18-7-6-14-29-18)23-19-8-4-5-9-20(19)25-22(26-23)17-10-11-17/h4-9,14,16-17H,3,10-13,15H2,1-2H3,(H,24,28)/t16-/m1/s1. The molecule has 0 unspecified atom stereocenters. The molecule has 1 aliphatic rings. The quantitative estimate of drug-likeness (QED) is 0.584. The summed E-state index contributed by atoms with van der Waals surface area (Å²) in [6, 6.07) is 12.1. The van der Waals surface area contributed by atoms with Crippen LogP contribution >= 0.6 is 0 Å². The molecule has 2 aromatic heterocycles. The van der Waals surface area contributed by atoms with Crippen LogP contribution in [0.5, 0.6) is 0 Å². The van der Waals surface area contributed by atoms with Crippen LogP contribution in [0.1, 0.15) is 57.0 Å². The Balaban J connectivity index is 1.64. The van der Waals surface area contributed by atoms with Crippen LogP contribution in [0.3, 0.4) is 0 Å². The van der Waals surface area contributed by atoms with Crippen LogP contribution in [0, 0.1) is 0 Å². The normalized spacial score (nSPS) is 14.7. The maximum Gasteiger partial charge on any atom is 0.221 e. The predicted octanol–water partition coefficient (Wildman–Crippen LogP) is 4.41. The second-order valence-electron chi connectivity index (χ2n) is 7.82. The smallest absolute Gasteiger partial charge is 0.221 e. The third kappa shape index (κ3) is 4.75. The molecule has 6 heteroatoms. The molecule has 1 atom stereocenters. The molecule has 4 rings (SSSR count). The first-order valence-corrected chi connectivity index (χ1v) is 10.5. The van der Waals surface area contributed by atoms with Gasteiger partial charge < -0.3 is 14.6 Å². The maximum atomic E-state index is 12.4. The van der Waals surface area contributed by atoms with E-state index in [0.29, 0.717) is 25.4 Å². The number of carbonyl (C=O) groups excluding carboxylic acids is 1. The number of furan rings is 1. The SMILES string of the molecule is CC[C@@H](C)NC(=O)CCN(Cc1ccco1)c1nc(C2CC2)nc2ccccc12. The summed E-state index contributed by atoms with van der Waals surface area (Å²) in [7, 11) is 0. The second kappa shape index (κ2) is 8.64. The lowest BCUT2D eigenvalue weighted by molar-refractivity contribution is -0.121. The minimum absolute atomic E-state index is 0.0598. The minimum atomic E-state index is 0.0598. The zero-order valence-electron chi connectivity index (χ0n) is 17.1. The van der Waals surface area contributed by atoms with Crippen molar-refractivity contribution in [2.75, 3.05) is 11.4 Å². The van der Waals surface area contributed by atoms with Crippen LogP contribution in [0.15, 0.2) is 47.1 Å². The fourth-order valence-corrected chi connectivity index (χ4v) is 3.38. The van der Waals surface area contributed by atoms with E-state index in [9.17, 15) is 4.79 Å². The molecule has 6 nitrogen and oxygen atoms in total. The summed E-state index contributed by atoms with van der Waals surface area (Å²) in [5.41, 5.74) is 0.952. The third-order valence-electron chi connectivity index (χ3n) is 5.40. The largest absolute Gasteiger partial charge is 0.467 e. The highest BCUT2D eigenvalue weighted by Gasteiger charge is 2.28. The molecule has 1 aromatic carbocycles. The first-order valence-electron chi connectivity index (χ1n) is 10.5. The number of nitrogens with one attached hydrogen (secondary N) is 1. The summed E-state index contributed by atoms with van der Waals surface area (Å²) in [6.45, 7) is 5.22. The van der Waals surface area contributed by atoms with Gasteiger partial charge in [-0.3, -0.25) is 4.79 Å². The van der Waals surface area contributed by atoms with Crippen molar-refractivity contribution in [2.24, 2.45) is 0 Å². The van der Waals surface area contributed by atoms with E-state index in [4.69, 9.17) is 14.4 Å². The summed E-state index contributed by atoms with van der Waals surface area (Å²) in [5, 5.41) is 4.06. The van der Waals surface area contributed by atoms with Crippen molar-refractivity contribution < 1.29 is 9.21 Å². The van der Waals surface area contributed by atoms with Gasteiger partial charge in [0.2, 0.25) is 5.91 Å². The maximum absolute atomic E-state index is 12.4. The predicted molar refractivity (Wildman–Crippen MR) is 114 cm³/mol. The molecule has 1 aliphatic carbocycles. The molecule has 0 bridgehead atoms. The molecule has 1 saturated carbocycles. The number of fused-ring (bicyclic) bond motifs is 1. The van der Waals surface area contributed by atoms with E-state index in [2.05, 4.69) is 23.2 Å². The Morgan fingerprint density at radius 1 is 1.24 bits per heavy atom. The summed E-state index contributed by atoms with van der Waals surface area (Å²) in [5.74, 6) is 3.16. The van der Waals surface area contributed by atoms with Crippen LogP contribution in [-0.4, -0.2) is 28.5 Å². The highest BCUT2D eigenvalue weighted by Crippen LogP contribution is 2.40. The average molecular weight is 393 g/mol. The molecule has 152 valence electrons. The molecule has 1 amide bonds. The molecular formula is C23H28N4O2. The lowest BCUT2D eigenvalue weighted by atomic mass is 10.2. The van der Waals surface area contributed by atoms with E-state index in [1.165, 1.54) is 0 Å². The molecule has 0 spiro atoms. The van der Waals surface area contributed by atoms with Gasteiger partial charge >= 0.3 is 0 Å². The number of hydrogen-bond acceptors (Lipinski definition) is 5. The fourth-order valence-electron chi connectivity index (χ4n) is 3.38. The van der Waals surface area contributed by atoms with E-state index < -0.39 is 0 Å². The number of hydrogen-bond donors (Lipinski definition) is 1. The van der Waals surface area contributed by atoms with Crippen molar-refractivity contribution >= 4 is 22.6 Å². The van der Waals surface area contributed by atoms with E-state index in [1.807, 2.05) is 37.3 Å². The van der Waals surface area contributed by atoms with Gasteiger partial charge in [0.05, 0.1) is 18.3 Å². The summed E-state index contributed by atoms with van der Waals surface area (Å²) in [4.78, 5) is 24.3. The first-order chi connectivity index (χ1) is 14.1. The molecule has 0 saturated heterocycles. The highest BCUT2D eigenvalue weighted by atomic mass is 16.3. The van der Waals surface area contributed by atoms with Gasteiger partial charge in [-0.2, -0.15) is 0 Å². The van der Waals surface area contributed by atoms with Crippen LogP contribution < -0.4 is 10.2 Å². The zero-order valence-corrected chi connectivity index (χ0v) is 17.1. The fraction of sp³-hybridized carbons (Fsp3) is 0.435. The molecule has 0 aliphatic heterocycles. The number of nitrogens with zero attached hydrogens (tertiary/aromatic N) is 3. The Morgan fingerprint density at radius 2 is 2.07 bits per heavy atom. The Hall–Kier alpha value is -2.89. The number of amides is 1. The molecule has 3 aromatic rings. The van der Waals surface area contributed by atoms with Gasteiger partial charge in [0.25, 0.3) is 0 Å². The Kier molecular flexibility index (Phi) is 5.79. The Bertz CT molecular complexity index is 966. The van der Waals surface area contributed by atoms with Gasteiger partial charge in [0, 0.05) is 30.3 Å². The Labute approximate surface area is 171 Å². The van der Waals surface area contributed by atoms with Crippen LogP contribution in [0.25, 0.3) is 10.9 Å². The number of anilines is 1. The number of aromatic nitrogens is 2. The number of para-hydroxylation sites is 1. The topological polar surface area (TPSA) is 71.3 Å². The van der Waals surface area contributed by atoms with Crippen molar-refractivity contribution in [3.8, 4) is 0 Å². The van der Waals surface area contributed by atoms with Gasteiger partial charge in [0.15, 0.2) is 0 Å². The van der Waals surface area contributed by atoms with Crippen molar-refractivity contribution in [2.45, 2.75) is 58.0 Å². The number of carbonyl (C=O) groups is 1. The minimum Gasteiger partial charge on any atom is -0.467 e. The lowest BCUT2D eigenvalue weighted by Gasteiger charge is -2.25. The zero-order chi connectivity index (χ0) is 20.2. The molecule has 1 fully saturated rings. The first kappa shape index (κ1) is 19.4. The summed E-state index contributed by atoms with van der Waals surface area (Å²) >= 11 is 0. The average Bonchev–Trinajstić information content (AvgIpc) is 3.46. The van der Waals surface area contributed by atoms with Crippen LogP contribution in [0.2, 0.25) is 0 Å². The number of rotatable bonds is 9.